The first kappa shape index (κ1) is 21.5. The highest BCUT2D eigenvalue weighted by molar-refractivity contribution is 7.89. The predicted molar refractivity (Wildman–Crippen MR) is 113 cm³/mol. The number of sulfonamides is 1. The van der Waals surface area contributed by atoms with Crippen molar-refractivity contribution in [1.82, 2.24) is 19.4 Å². The first-order valence-corrected chi connectivity index (χ1v) is 12.0. The Hall–Kier alpha value is -2.19. The third-order valence-electron chi connectivity index (χ3n) is 5.29. The molecular weight excluding hydrogens is 388 g/mol. The zero-order chi connectivity index (χ0) is 20.9. The van der Waals surface area contributed by atoms with Crippen LogP contribution in [0.15, 0.2) is 36.5 Å². The fourth-order valence-corrected chi connectivity index (χ4v) is 5.21. The third kappa shape index (κ3) is 5.45. The molecule has 1 N–H and O–H groups in total. The van der Waals surface area contributed by atoms with Crippen molar-refractivity contribution in [1.29, 1.82) is 0 Å². The van der Waals surface area contributed by atoms with Gasteiger partial charge in [0.05, 0.1) is 29.8 Å². The van der Waals surface area contributed by atoms with Gasteiger partial charge in [0.2, 0.25) is 10.0 Å². The second-order valence-electron chi connectivity index (χ2n) is 7.50. The fourth-order valence-electron chi connectivity index (χ4n) is 3.81. The molecule has 2 heterocycles. The van der Waals surface area contributed by atoms with Crippen molar-refractivity contribution in [3.8, 4) is 0 Å². The molecule has 0 atom stereocenters. The van der Waals surface area contributed by atoms with E-state index in [-0.39, 0.29) is 17.7 Å². The first-order chi connectivity index (χ1) is 13.9. The Morgan fingerprint density at radius 2 is 1.86 bits per heavy atom. The van der Waals surface area contributed by atoms with Crippen LogP contribution < -0.4 is 4.72 Å². The summed E-state index contributed by atoms with van der Waals surface area (Å²) in [5, 5.41) is 4.46. The first-order valence-electron chi connectivity index (χ1n) is 10.3. The molecule has 0 spiro atoms. The lowest BCUT2D eigenvalue weighted by molar-refractivity contribution is 0.0710. The molecule has 0 bridgehead atoms. The van der Waals surface area contributed by atoms with Crippen molar-refractivity contribution in [3.63, 3.8) is 0 Å². The Balaban J connectivity index is 1.64. The summed E-state index contributed by atoms with van der Waals surface area (Å²) in [7, 11) is -3.23. The molecule has 1 aliphatic heterocycles. The van der Waals surface area contributed by atoms with Crippen LogP contribution in [0.3, 0.4) is 0 Å². The van der Waals surface area contributed by atoms with Crippen molar-refractivity contribution < 1.29 is 13.2 Å². The van der Waals surface area contributed by atoms with Crippen molar-refractivity contribution in [2.45, 2.75) is 52.1 Å². The average Bonchev–Trinajstić information content (AvgIpc) is 3.11. The van der Waals surface area contributed by atoms with Gasteiger partial charge in [0.15, 0.2) is 0 Å². The molecule has 0 saturated carbocycles. The van der Waals surface area contributed by atoms with E-state index in [0.717, 1.165) is 17.7 Å². The summed E-state index contributed by atoms with van der Waals surface area (Å²) < 4.78 is 28.6. The van der Waals surface area contributed by atoms with E-state index in [1.165, 1.54) is 0 Å². The molecule has 0 unspecified atom stereocenters. The number of carbonyl (C=O) groups is 1. The Kier molecular flexibility index (Phi) is 7.08. The van der Waals surface area contributed by atoms with Crippen molar-refractivity contribution >= 4 is 15.9 Å². The number of amides is 1. The number of nitrogens with zero attached hydrogens (tertiary/aromatic N) is 3. The van der Waals surface area contributed by atoms with Gasteiger partial charge < -0.3 is 4.90 Å². The molecule has 0 aliphatic carbocycles. The number of nitrogens with one attached hydrogen (secondary N) is 1. The summed E-state index contributed by atoms with van der Waals surface area (Å²) in [4.78, 5) is 14.9. The highest BCUT2D eigenvalue weighted by Crippen LogP contribution is 2.19. The fraction of sp³-hybridized carbons (Fsp3) is 0.524. The van der Waals surface area contributed by atoms with E-state index in [0.29, 0.717) is 44.5 Å². The van der Waals surface area contributed by atoms with Crippen LogP contribution in [0.25, 0.3) is 0 Å². The molecule has 1 fully saturated rings. The smallest absolute Gasteiger partial charge is 0.257 e. The zero-order valence-electron chi connectivity index (χ0n) is 17.2. The van der Waals surface area contributed by atoms with Gasteiger partial charge in [0.1, 0.15) is 0 Å². The standard InChI is InChI=1S/C21H30N4O3S/c1-3-14-29(27,28)23-18-10-12-24(13-11-18)21(26)19-15-22-25(20(19)4-2)16-17-8-6-5-7-9-17/h5-9,15,18,23H,3-4,10-14,16H2,1-2H3. The largest absolute Gasteiger partial charge is 0.338 e. The van der Waals surface area contributed by atoms with Crippen LogP contribution in [-0.4, -0.2) is 53.9 Å². The predicted octanol–water partition coefficient (Wildman–Crippen LogP) is 2.43. The Labute approximate surface area is 173 Å². The van der Waals surface area contributed by atoms with E-state index in [9.17, 15) is 13.2 Å². The summed E-state index contributed by atoms with van der Waals surface area (Å²) in [6.45, 7) is 5.61. The maximum Gasteiger partial charge on any atom is 0.257 e. The topological polar surface area (TPSA) is 84.3 Å². The number of likely N-dealkylation sites (tertiary alicyclic amines) is 1. The molecule has 8 heteroatoms. The van der Waals surface area contributed by atoms with Gasteiger partial charge in [-0.25, -0.2) is 13.1 Å². The lowest BCUT2D eigenvalue weighted by Gasteiger charge is -2.32. The molecule has 158 valence electrons. The van der Waals surface area contributed by atoms with E-state index in [4.69, 9.17) is 0 Å². The second-order valence-corrected chi connectivity index (χ2v) is 9.38. The Morgan fingerprint density at radius 3 is 2.48 bits per heavy atom. The van der Waals surface area contributed by atoms with E-state index >= 15 is 0 Å². The number of carbonyl (C=O) groups excluding carboxylic acids is 1. The molecule has 1 aromatic carbocycles. The summed E-state index contributed by atoms with van der Waals surface area (Å²) in [5.74, 6) is 0.128. The van der Waals surface area contributed by atoms with Gasteiger partial charge in [-0.1, -0.05) is 44.2 Å². The van der Waals surface area contributed by atoms with Gasteiger partial charge in [0, 0.05) is 19.1 Å². The van der Waals surface area contributed by atoms with Crippen LogP contribution in [0.1, 0.15) is 54.7 Å². The van der Waals surface area contributed by atoms with Gasteiger partial charge in [0.25, 0.3) is 5.91 Å². The molecule has 29 heavy (non-hydrogen) atoms. The minimum Gasteiger partial charge on any atom is -0.338 e. The number of aromatic nitrogens is 2. The molecule has 1 aromatic heterocycles. The third-order valence-corrected chi connectivity index (χ3v) is 6.93. The average molecular weight is 419 g/mol. The number of hydrogen-bond donors (Lipinski definition) is 1. The molecule has 0 radical (unpaired) electrons. The Morgan fingerprint density at radius 1 is 1.17 bits per heavy atom. The lowest BCUT2D eigenvalue weighted by Crippen LogP contribution is -2.47. The van der Waals surface area contributed by atoms with Gasteiger partial charge in [-0.15, -0.1) is 0 Å². The number of rotatable bonds is 8. The van der Waals surface area contributed by atoms with Crippen LogP contribution in [0.5, 0.6) is 0 Å². The van der Waals surface area contributed by atoms with E-state index in [1.807, 2.05) is 53.8 Å². The van der Waals surface area contributed by atoms with Crippen LogP contribution >= 0.6 is 0 Å². The number of benzene rings is 1. The molecule has 1 aliphatic rings. The highest BCUT2D eigenvalue weighted by atomic mass is 32.2. The zero-order valence-corrected chi connectivity index (χ0v) is 18.0. The van der Waals surface area contributed by atoms with Gasteiger partial charge in [-0.05, 0) is 31.2 Å². The van der Waals surface area contributed by atoms with Crippen LogP contribution in [0.2, 0.25) is 0 Å². The van der Waals surface area contributed by atoms with Crippen molar-refractivity contribution in [3.05, 3.63) is 53.3 Å². The minimum absolute atomic E-state index is 0.0176. The quantitative estimate of drug-likeness (QED) is 0.714. The molecular formula is C21H30N4O3S. The summed E-state index contributed by atoms with van der Waals surface area (Å²) in [6.07, 6.45) is 4.25. The van der Waals surface area contributed by atoms with Crippen LogP contribution in [0.4, 0.5) is 0 Å². The van der Waals surface area contributed by atoms with E-state index in [2.05, 4.69) is 9.82 Å². The molecule has 2 aromatic rings. The lowest BCUT2D eigenvalue weighted by atomic mass is 10.0. The molecule has 3 rings (SSSR count). The summed E-state index contributed by atoms with van der Waals surface area (Å²) in [5.41, 5.74) is 2.72. The van der Waals surface area contributed by atoms with Gasteiger partial charge in [-0.3, -0.25) is 9.48 Å². The summed E-state index contributed by atoms with van der Waals surface area (Å²) >= 11 is 0. The maximum atomic E-state index is 13.1. The summed E-state index contributed by atoms with van der Waals surface area (Å²) in [6, 6.07) is 9.97. The maximum absolute atomic E-state index is 13.1. The second kappa shape index (κ2) is 9.54. The number of hydrogen-bond acceptors (Lipinski definition) is 4. The normalized spacial score (nSPS) is 15.6. The van der Waals surface area contributed by atoms with Crippen LogP contribution in [0, 0.1) is 0 Å². The van der Waals surface area contributed by atoms with E-state index in [1.54, 1.807) is 6.20 Å². The molecule has 1 amide bonds. The Bertz CT molecular complexity index is 917. The monoisotopic (exact) mass is 418 g/mol. The van der Waals surface area contributed by atoms with Crippen LogP contribution in [-0.2, 0) is 23.0 Å². The van der Waals surface area contributed by atoms with E-state index < -0.39 is 10.0 Å². The molecule has 1 saturated heterocycles. The molecule has 7 nitrogen and oxygen atoms in total. The van der Waals surface area contributed by atoms with Gasteiger partial charge >= 0.3 is 0 Å². The highest BCUT2D eigenvalue weighted by Gasteiger charge is 2.28. The van der Waals surface area contributed by atoms with Gasteiger partial charge in [-0.2, -0.15) is 5.10 Å². The minimum atomic E-state index is -3.23. The van der Waals surface area contributed by atoms with Crippen molar-refractivity contribution in [2.24, 2.45) is 0 Å². The number of piperidine rings is 1. The SMILES string of the molecule is CCCS(=O)(=O)NC1CCN(C(=O)c2cnn(Cc3ccccc3)c2CC)CC1. The van der Waals surface area contributed by atoms with Crippen molar-refractivity contribution in [2.75, 3.05) is 18.8 Å².